The van der Waals surface area contributed by atoms with E-state index in [4.69, 9.17) is 9.84 Å². The van der Waals surface area contributed by atoms with Gasteiger partial charge in [-0.05, 0) is 39.7 Å². The molecule has 3 nitrogen and oxygen atoms in total. The van der Waals surface area contributed by atoms with Gasteiger partial charge < -0.3 is 15.2 Å². The minimum absolute atomic E-state index is 0.101. The van der Waals surface area contributed by atoms with Crippen molar-refractivity contribution in [3.63, 3.8) is 0 Å². The van der Waals surface area contributed by atoms with Gasteiger partial charge in [0.2, 0.25) is 0 Å². The lowest BCUT2D eigenvalue weighted by Crippen LogP contribution is -2.35. The van der Waals surface area contributed by atoms with Crippen molar-refractivity contribution < 1.29 is 9.84 Å². The summed E-state index contributed by atoms with van der Waals surface area (Å²) in [5.74, 6) is 0.937. The molecule has 102 valence electrons. The average molecular weight is 251 g/mol. The third-order valence-corrected chi connectivity index (χ3v) is 2.59. The highest BCUT2D eigenvalue weighted by atomic mass is 16.5. The molecule has 0 saturated heterocycles. The van der Waals surface area contributed by atoms with Crippen LogP contribution in [-0.2, 0) is 6.54 Å². The molecule has 1 rings (SSSR count). The number of benzene rings is 1. The van der Waals surface area contributed by atoms with E-state index >= 15 is 0 Å². The van der Waals surface area contributed by atoms with Crippen molar-refractivity contribution in [2.75, 3.05) is 13.2 Å². The molecule has 0 fully saturated rings. The maximum atomic E-state index is 8.73. The van der Waals surface area contributed by atoms with Gasteiger partial charge >= 0.3 is 0 Å². The normalized spacial score (nSPS) is 11.6. The van der Waals surface area contributed by atoms with Gasteiger partial charge in [-0.15, -0.1) is 0 Å². The molecule has 0 spiro atoms. The molecule has 2 N–H and O–H groups in total. The lowest BCUT2D eigenvalue weighted by molar-refractivity contribution is 0.251. The number of aliphatic hydroxyl groups is 1. The molecular formula is C15H25NO2. The summed E-state index contributed by atoms with van der Waals surface area (Å²) in [6.45, 7) is 8.15. The van der Waals surface area contributed by atoms with Crippen LogP contribution >= 0.6 is 0 Å². The Morgan fingerprint density at radius 2 is 1.89 bits per heavy atom. The van der Waals surface area contributed by atoms with Crippen molar-refractivity contribution in [1.29, 1.82) is 0 Å². The highest BCUT2D eigenvalue weighted by Gasteiger charge is 2.10. The second-order valence-corrected chi connectivity index (χ2v) is 5.49. The van der Waals surface area contributed by atoms with E-state index < -0.39 is 0 Å². The number of ether oxygens (including phenoxy) is 1. The van der Waals surface area contributed by atoms with Crippen LogP contribution in [0.25, 0.3) is 0 Å². The first kappa shape index (κ1) is 15.0. The summed E-state index contributed by atoms with van der Waals surface area (Å²) in [6.07, 6.45) is 1.68. The first-order valence-electron chi connectivity index (χ1n) is 6.59. The van der Waals surface area contributed by atoms with Crippen LogP contribution in [0.1, 0.15) is 39.2 Å². The van der Waals surface area contributed by atoms with Crippen molar-refractivity contribution in [3.8, 4) is 5.75 Å². The first-order valence-corrected chi connectivity index (χ1v) is 6.59. The fraction of sp³-hybridized carbons (Fsp3) is 0.600. The topological polar surface area (TPSA) is 41.5 Å². The van der Waals surface area contributed by atoms with Gasteiger partial charge in [-0.25, -0.2) is 0 Å². The molecule has 0 radical (unpaired) electrons. The van der Waals surface area contributed by atoms with Gasteiger partial charge in [0.25, 0.3) is 0 Å². The van der Waals surface area contributed by atoms with E-state index in [1.807, 2.05) is 18.2 Å². The van der Waals surface area contributed by atoms with Gasteiger partial charge in [0, 0.05) is 24.3 Å². The third kappa shape index (κ3) is 6.03. The molecule has 0 bridgehead atoms. The SMILES string of the molecule is CC(C)(C)NCc1ccccc1OCCCCO. The molecule has 0 amide bonds. The van der Waals surface area contributed by atoms with Crippen molar-refractivity contribution in [3.05, 3.63) is 29.8 Å². The Balaban J connectivity index is 2.51. The highest BCUT2D eigenvalue weighted by molar-refractivity contribution is 5.33. The van der Waals surface area contributed by atoms with Crippen LogP contribution in [-0.4, -0.2) is 23.9 Å². The molecule has 0 aliphatic rings. The number of hydrogen-bond donors (Lipinski definition) is 2. The maximum Gasteiger partial charge on any atom is 0.123 e. The Bertz CT molecular complexity index is 345. The molecule has 0 aliphatic heterocycles. The number of hydrogen-bond acceptors (Lipinski definition) is 3. The van der Waals surface area contributed by atoms with E-state index in [9.17, 15) is 0 Å². The van der Waals surface area contributed by atoms with Crippen molar-refractivity contribution in [2.45, 2.75) is 45.7 Å². The van der Waals surface area contributed by atoms with Crippen molar-refractivity contribution >= 4 is 0 Å². The summed E-state index contributed by atoms with van der Waals surface area (Å²) in [7, 11) is 0. The lowest BCUT2D eigenvalue weighted by Gasteiger charge is -2.21. The summed E-state index contributed by atoms with van der Waals surface area (Å²) < 4.78 is 5.75. The standard InChI is InChI=1S/C15H25NO2/c1-15(2,3)16-12-13-8-4-5-9-14(13)18-11-7-6-10-17/h4-5,8-9,16-17H,6-7,10-12H2,1-3H3. The number of nitrogens with one attached hydrogen (secondary N) is 1. The molecule has 18 heavy (non-hydrogen) atoms. The van der Waals surface area contributed by atoms with Gasteiger partial charge in [-0.1, -0.05) is 18.2 Å². The smallest absolute Gasteiger partial charge is 0.123 e. The Morgan fingerprint density at radius 3 is 2.56 bits per heavy atom. The van der Waals surface area contributed by atoms with E-state index in [0.717, 1.165) is 25.1 Å². The average Bonchev–Trinajstić information content (AvgIpc) is 2.32. The number of unbranched alkanes of at least 4 members (excludes halogenated alkanes) is 1. The fourth-order valence-corrected chi connectivity index (χ4v) is 1.55. The van der Waals surface area contributed by atoms with E-state index in [2.05, 4.69) is 32.2 Å². The van der Waals surface area contributed by atoms with E-state index in [1.54, 1.807) is 0 Å². The Labute approximate surface area is 110 Å². The number of rotatable bonds is 7. The monoisotopic (exact) mass is 251 g/mol. The molecule has 0 unspecified atom stereocenters. The predicted molar refractivity (Wildman–Crippen MR) is 74.8 cm³/mol. The summed E-state index contributed by atoms with van der Waals surface area (Å²) in [4.78, 5) is 0. The Hall–Kier alpha value is -1.06. The third-order valence-electron chi connectivity index (χ3n) is 2.59. The quantitative estimate of drug-likeness (QED) is 0.732. The summed E-state index contributed by atoms with van der Waals surface area (Å²) >= 11 is 0. The van der Waals surface area contributed by atoms with Gasteiger partial charge in [-0.3, -0.25) is 0 Å². The Kier molecular flexibility index (Phi) is 6.16. The van der Waals surface area contributed by atoms with E-state index in [-0.39, 0.29) is 12.1 Å². The van der Waals surface area contributed by atoms with E-state index in [1.165, 1.54) is 5.56 Å². The Morgan fingerprint density at radius 1 is 1.17 bits per heavy atom. The van der Waals surface area contributed by atoms with Crippen LogP contribution in [0.5, 0.6) is 5.75 Å². The predicted octanol–water partition coefficient (Wildman–Crippen LogP) is 2.73. The van der Waals surface area contributed by atoms with Crippen LogP contribution in [0.3, 0.4) is 0 Å². The number of para-hydroxylation sites is 1. The van der Waals surface area contributed by atoms with Gasteiger partial charge in [-0.2, -0.15) is 0 Å². The van der Waals surface area contributed by atoms with Gasteiger partial charge in [0.1, 0.15) is 5.75 Å². The zero-order valence-corrected chi connectivity index (χ0v) is 11.7. The minimum Gasteiger partial charge on any atom is -0.493 e. The van der Waals surface area contributed by atoms with Crippen LogP contribution in [0.4, 0.5) is 0 Å². The van der Waals surface area contributed by atoms with Crippen LogP contribution in [0.15, 0.2) is 24.3 Å². The summed E-state index contributed by atoms with van der Waals surface area (Å²) in [5, 5.41) is 12.2. The minimum atomic E-state index is 0.101. The second-order valence-electron chi connectivity index (χ2n) is 5.49. The number of aliphatic hydroxyl groups excluding tert-OH is 1. The van der Waals surface area contributed by atoms with Crippen LogP contribution in [0.2, 0.25) is 0 Å². The molecule has 3 heteroatoms. The lowest BCUT2D eigenvalue weighted by atomic mass is 10.1. The van der Waals surface area contributed by atoms with Crippen LogP contribution < -0.4 is 10.1 Å². The summed E-state index contributed by atoms with van der Waals surface area (Å²) in [5.41, 5.74) is 1.28. The highest BCUT2D eigenvalue weighted by Crippen LogP contribution is 2.19. The van der Waals surface area contributed by atoms with Crippen LogP contribution in [0, 0.1) is 0 Å². The van der Waals surface area contributed by atoms with Gasteiger partial charge in [0.05, 0.1) is 6.61 Å². The van der Waals surface area contributed by atoms with Crippen molar-refractivity contribution in [2.24, 2.45) is 0 Å². The van der Waals surface area contributed by atoms with E-state index in [0.29, 0.717) is 6.61 Å². The van der Waals surface area contributed by atoms with Crippen molar-refractivity contribution in [1.82, 2.24) is 5.32 Å². The van der Waals surface area contributed by atoms with Gasteiger partial charge in [0.15, 0.2) is 0 Å². The zero-order valence-electron chi connectivity index (χ0n) is 11.7. The largest absolute Gasteiger partial charge is 0.493 e. The molecule has 0 atom stereocenters. The molecular weight excluding hydrogens is 226 g/mol. The molecule has 0 aromatic heterocycles. The molecule has 0 saturated carbocycles. The zero-order chi connectivity index (χ0) is 13.4. The molecule has 0 heterocycles. The molecule has 1 aromatic carbocycles. The second kappa shape index (κ2) is 7.39. The first-order chi connectivity index (χ1) is 8.53. The molecule has 1 aromatic rings. The summed E-state index contributed by atoms with van der Waals surface area (Å²) in [6, 6.07) is 8.10. The maximum absolute atomic E-state index is 8.73. The fourth-order valence-electron chi connectivity index (χ4n) is 1.55. The molecule has 0 aliphatic carbocycles.